The van der Waals surface area contributed by atoms with Gasteiger partial charge in [-0.05, 0) is 63.4 Å². The number of aromatic nitrogens is 1. The molecular formula is C22H23F4N3O. The van der Waals surface area contributed by atoms with E-state index in [1.54, 1.807) is 11.0 Å². The molecule has 1 amide bonds. The van der Waals surface area contributed by atoms with E-state index in [0.717, 1.165) is 30.8 Å². The van der Waals surface area contributed by atoms with Crippen LogP contribution in [0.1, 0.15) is 49.2 Å². The third kappa shape index (κ3) is 3.52. The van der Waals surface area contributed by atoms with Crippen molar-refractivity contribution in [2.75, 3.05) is 18.0 Å². The smallest absolute Gasteiger partial charge is 0.364 e. The van der Waals surface area contributed by atoms with Gasteiger partial charge in [0, 0.05) is 30.5 Å². The standard InChI is InChI=1S/C22H23F4N3O/c1-20(2)13-21(14-29(20)17-6-3-5-16(23)11-17)9-4-10-28(21)19(30)15-7-8-18(27-12-15)22(24,25)26/h3,5-8,11-12H,4,9-10,13-14H2,1-2H3. The maximum atomic E-state index is 13.8. The van der Waals surface area contributed by atoms with Crippen LogP contribution in [0.15, 0.2) is 42.6 Å². The molecule has 2 saturated heterocycles. The summed E-state index contributed by atoms with van der Waals surface area (Å²) < 4.78 is 52.2. The van der Waals surface area contributed by atoms with Gasteiger partial charge in [-0.25, -0.2) is 4.39 Å². The number of likely N-dealkylation sites (tertiary alicyclic amines) is 1. The number of halogens is 4. The number of amides is 1. The predicted molar refractivity (Wildman–Crippen MR) is 105 cm³/mol. The lowest BCUT2D eigenvalue weighted by atomic mass is 9.87. The molecule has 3 heterocycles. The van der Waals surface area contributed by atoms with E-state index in [4.69, 9.17) is 0 Å². The summed E-state index contributed by atoms with van der Waals surface area (Å²) in [6.45, 7) is 5.21. The maximum Gasteiger partial charge on any atom is 0.433 e. The Kier molecular flexibility index (Phi) is 4.78. The van der Waals surface area contributed by atoms with Crippen molar-refractivity contribution in [3.8, 4) is 0 Å². The van der Waals surface area contributed by atoms with Gasteiger partial charge in [0.05, 0.1) is 11.1 Å². The van der Waals surface area contributed by atoms with Gasteiger partial charge in [0.25, 0.3) is 5.91 Å². The fourth-order valence-corrected chi connectivity index (χ4v) is 5.00. The first-order valence-electron chi connectivity index (χ1n) is 9.90. The summed E-state index contributed by atoms with van der Waals surface area (Å²) in [5, 5.41) is 0. The molecule has 0 bridgehead atoms. The van der Waals surface area contributed by atoms with E-state index in [1.165, 1.54) is 18.2 Å². The van der Waals surface area contributed by atoms with Gasteiger partial charge in [-0.15, -0.1) is 0 Å². The second kappa shape index (κ2) is 6.96. The number of carbonyl (C=O) groups excluding carboxylic acids is 1. The first kappa shape index (κ1) is 20.6. The van der Waals surface area contributed by atoms with Gasteiger partial charge < -0.3 is 9.80 Å². The number of alkyl halides is 3. The van der Waals surface area contributed by atoms with E-state index >= 15 is 0 Å². The lowest BCUT2D eigenvalue weighted by Gasteiger charge is -2.35. The second-order valence-electron chi connectivity index (χ2n) is 8.77. The van der Waals surface area contributed by atoms with E-state index in [2.05, 4.69) is 23.7 Å². The van der Waals surface area contributed by atoms with Crippen LogP contribution in [-0.2, 0) is 6.18 Å². The van der Waals surface area contributed by atoms with Crippen molar-refractivity contribution in [1.29, 1.82) is 0 Å². The van der Waals surface area contributed by atoms with Crippen molar-refractivity contribution in [1.82, 2.24) is 9.88 Å². The highest BCUT2D eigenvalue weighted by atomic mass is 19.4. The number of benzene rings is 1. The van der Waals surface area contributed by atoms with Crippen LogP contribution in [-0.4, -0.2) is 40.0 Å². The molecule has 1 atom stereocenters. The molecule has 2 aliphatic rings. The van der Waals surface area contributed by atoms with Gasteiger partial charge in [-0.2, -0.15) is 13.2 Å². The Bertz CT molecular complexity index is 958. The Morgan fingerprint density at radius 1 is 1.17 bits per heavy atom. The van der Waals surface area contributed by atoms with Crippen molar-refractivity contribution in [3.05, 3.63) is 59.7 Å². The zero-order valence-corrected chi connectivity index (χ0v) is 16.8. The van der Waals surface area contributed by atoms with E-state index < -0.39 is 17.4 Å². The number of rotatable bonds is 2. The van der Waals surface area contributed by atoms with Crippen LogP contribution in [0.5, 0.6) is 0 Å². The third-order valence-corrected chi connectivity index (χ3v) is 6.21. The largest absolute Gasteiger partial charge is 0.433 e. The number of hydrogen-bond acceptors (Lipinski definition) is 3. The van der Waals surface area contributed by atoms with Crippen LogP contribution in [0.2, 0.25) is 0 Å². The van der Waals surface area contributed by atoms with Crippen LogP contribution in [0.4, 0.5) is 23.2 Å². The molecule has 0 N–H and O–H groups in total. The highest BCUT2D eigenvalue weighted by Gasteiger charge is 2.55. The topological polar surface area (TPSA) is 36.4 Å². The molecule has 160 valence electrons. The lowest BCUT2D eigenvalue weighted by molar-refractivity contribution is -0.141. The Balaban J connectivity index is 1.62. The van der Waals surface area contributed by atoms with Gasteiger partial charge in [0.2, 0.25) is 0 Å². The molecular weight excluding hydrogens is 398 g/mol. The second-order valence-corrected chi connectivity index (χ2v) is 8.77. The van der Waals surface area contributed by atoms with Gasteiger partial charge >= 0.3 is 6.18 Å². The summed E-state index contributed by atoms with van der Waals surface area (Å²) in [5.74, 6) is -0.634. The molecule has 4 rings (SSSR count). The van der Waals surface area contributed by atoms with Crippen LogP contribution >= 0.6 is 0 Å². The molecule has 0 radical (unpaired) electrons. The molecule has 0 saturated carbocycles. The number of pyridine rings is 1. The molecule has 2 aromatic rings. The minimum atomic E-state index is -4.54. The molecule has 30 heavy (non-hydrogen) atoms. The normalized spacial score (nSPS) is 23.4. The third-order valence-electron chi connectivity index (χ3n) is 6.21. The van der Waals surface area contributed by atoms with Crippen molar-refractivity contribution in [2.45, 2.75) is 50.4 Å². The average molecular weight is 421 g/mol. The fraction of sp³-hybridized carbons (Fsp3) is 0.455. The minimum absolute atomic E-state index is 0.145. The summed E-state index contributed by atoms with van der Waals surface area (Å²) in [5.41, 5.74) is -0.877. The Morgan fingerprint density at radius 3 is 2.57 bits per heavy atom. The molecule has 0 aliphatic carbocycles. The number of nitrogens with zero attached hydrogens (tertiary/aromatic N) is 3. The Hall–Kier alpha value is -2.64. The van der Waals surface area contributed by atoms with Gasteiger partial charge in [-0.1, -0.05) is 6.07 Å². The maximum absolute atomic E-state index is 13.8. The van der Waals surface area contributed by atoms with Crippen molar-refractivity contribution in [3.63, 3.8) is 0 Å². The highest BCUT2D eigenvalue weighted by molar-refractivity contribution is 5.94. The molecule has 2 aliphatic heterocycles. The lowest BCUT2D eigenvalue weighted by Crippen LogP contribution is -2.49. The number of carbonyl (C=O) groups is 1. The van der Waals surface area contributed by atoms with E-state index in [1.807, 2.05) is 6.07 Å². The van der Waals surface area contributed by atoms with E-state index in [9.17, 15) is 22.4 Å². The summed E-state index contributed by atoms with van der Waals surface area (Å²) in [4.78, 5) is 20.5. The van der Waals surface area contributed by atoms with Crippen LogP contribution in [0.25, 0.3) is 0 Å². The molecule has 2 fully saturated rings. The quantitative estimate of drug-likeness (QED) is 0.647. The SMILES string of the molecule is CC1(C)CC2(CCCN2C(=O)c2ccc(C(F)(F)F)nc2)CN1c1cccc(F)c1. The van der Waals surface area contributed by atoms with Gasteiger partial charge in [0.1, 0.15) is 11.5 Å². The Labute approximate surface area is 172 Å². The van der Waals surface area contributed by atoms with Crippen LogP contribution < -0.4 is 4.90 Å². The van der Waals surface area contributed by atoms with Crippen LogP contribution in [0.3, 0.4) is 0 Å². The van der Waals surface area contributed by atoms with Crippen molar-refractivity contribution < 1.29 is 22.4 Å². The molecule has 4 nitrogen and oxygen atoms in total. The predicted octanol–water partition coefficient (Wildman–Crippen LogP) is 4.90. The first-order valence-corrected chi connectivity index (χ1v) is 9.90. The summed E-state index contributed by atoms with van der Waals surface area (Å²) in [7, 11) is 0. The molecule has 1 aromatic heterocycles. The number of anilines is 1. The highest BCUT2D eigenvalue weighted by Crippen LogP contribution is 2.47. The summed E-state index contributed by atoms with van der Waals surface area (Å²) in [6, 6.07) is 8.43. The summed E-state index contributed by atoms with van der Waals surface area (Å²) >= 11 is 0. The molecule has 8 heteroatoms. The molecule has 1 unspecified atom stereocenters. The van der Waals surface area contributed by atoms with Crippen molar-refractivity contribution in [2.24, 2.45) is 0 Å². The van der Waals surface area contributed by atoms with Gasteiger partial charge in [0.15, 0.2) is 0 Å². The van der Waals surface area contributed by atoms with E-state index in [-0.39, 0.29) is 22.8 Å². The molecule has 1 spiro atoms. The van der Waals surface area contributed by atoms with Crippen LogP contribution in [0, 0.1) is 5.82 Å². The molecule has 1 aromatic carbocycles. The van der Waals surface area contributed by atoms with Crippen molar-refractivity contribution >= 4 is 11.6 Å². The summed E-state index contributed by atoms with van der Waals surface area (Å²) in [6.07, 6.45) is -1.25. The first-order chi connectivity index (χ1) is 14.0. The monoisotopic (exact) mass is 421 g/mol. The fourth-order valence-electron chi connectivity index (χ4n) is 5.00. The Morgan fingerprint density at radius 2 is 1.93 bits per heavy atom. The van der Waals surface area contributed by atoms with Gasteiger partial charge in [-0.3, -0.25) is 9.78 Å². The zero-order chi connectivity index (χ0) is 21.7. The average Bonchev–Trinajstić information content (AvgIpc) is 3.20. The zero-order valence-electron chi connectivity index (χ0n) is 16.8. The number of hydrogen-bond donors (Lipinski definition) is 0. The minimum Gasteiger partial charge on any atom is -0.364 e. The van der Waals surface area contributed by atoms with E-state index in [0.29, 0.717) is 19.5 Å².